The van der Waals surface area contributed by atoms with E-state index >= 15 is 0 Å². The van der Waals surface area contributed by atoms with Gasteiger partial charge in [-0.2, -0.15) is 0 Å². The molecule has 2 N–H and O–H groups in total. The molecule has 2 aromatic carbocycles. The minimum absolute atomic E-state index is 0.155. The van der Waals surface area contributed by atoms with Gasteiger partial charge in [0.25, 0.3) is 0 Å². The number of benzene rings is 2. The van der Waals surface area contributed by atoms with Gasteiger partial charge >= 0.3 is 5.97 Å². The lowest BCUT2D eigenvalue weighted by Crippen LogP contribution is -2.18. The van der Waals surface area contributed by atoms with Crippen molar-refractivity contribution in [3.8, 4) is 11.5 Å². The number of anilines is 1. The van der Waals surface area contributed by atoms with Crippen molar-refractivity contribution in [2.45, 2.75) is 6.92 Å². The third-order valence-corrected chi connectivity index (χ3v) is 2.53. The minimum Gasteiger partial charge on any atom is -0.482 e. The Morgan fingerprint density at radius 2 is 1.95 bits per heavy atom. The van der Waals surface area contributed by atoms with Crippen LogP contribution in [0.25, 0.3) is 0 Å². The number of rotatable bonds is 4. The predicted molar refractivity (Wildman–Crippen MR) is 73.2 cm³/mol. The van der Waals surface area contributed by atoms with E-state index in [0.29, 0.717) is 17.2 Å². The number of nitrogens with two attached hydrogens (primary N) is 1. The smallest absolute Gasteiger partial charge is 0.349 e. The van der Waals surface area contributed by atoms with E-state index in [1.807, 2.05) is 25.1 Å². The fraction of sp³-hybridized carbons (Fsp3) is 0.133. The van der Waals surface area contributed by atoms with Gasteiger partial charge in [-0.1, -0.05) is 24.3 Å². The monoisotopic (exact) mass is 257 g/mol. The quantitative estimate of drug-likeness (QED) is 0.519. The fourth-order valence-electron chi connectivity index (χ4n) is 1.57. The van der Waals surface area contributed by atoms with Crippen molar-refractivity contribution in [2.24, 2.45) is 0 Å². The number of hydrogen-bond donors (Lipinski definition) is 1. The molecule has 4 nitrogen and oxygen atoms in total. The van der Waals surface area contributed by atoms with Gasteiger partial charge in [-0.05, 0) is 30.7 Å². The third kappa shape index (κ3) is 3.74. The largest absolute Gasteiger partial charge is 0.482 e. The maximum Gasteiger partial charge on any atom is 0.349 e. The zero-order chi connectivity index (χ0) is 13.7. The summed E-state index contributed by atoms with van der Waals surface area (Å²) in [5, 5.41) is 0. The number of aryl methyl sites for hydroxylation is 1. The molecule has 2 aromatic rings. The van der Waals surface area contributed by atoms with Crippen LogP contribution in [0.2, 0.25) is 0 Å². The highest BCUT2D eigenvalue weighted by atomic mass is 16.6. The summed E-state index contributed by atoms with van der Waals surface area (Å²) in [6.45, 7) is 1.72. The van der Waals surface area contributed by atoms with Gasteiger partial charge in [0.2, 0.25) is 0 Å². The Hall–Kier alpha value is -2.49. The molecule has 0 bridgehead atoms. The third-order valence-electron chi connectivity index (χ3n) is 2.53. The van der Waals surface area contributed by atoms with Gasteiger partial charge in [0, 0.05) is 11.8 Å². The highest BCUT2D eigenvalue weighted by Crippen LogP contribution is 2.17. The van der Waals surface area contributed by atoms with E-state index in [1.54, 1.807) is 30.3 Å². The summed E-state index contributed by atoms with van der Waals surface area (Å²) in [7, 11) is 0. The number of nitrogen functional groups attached to an aromatic ring is 1. The lowest BCUT2D eigenvalue weighted by molar-refractivity contribution is -0.136. The Morgan fingerprint density at radius 1 is 1.16 bits per heavy atom. The van der Waals surface area contributed by atoms with Crippen LogP contribution >= 0.6 is 0 Å². The first kappa shape index (κ1) is 13.0. The molecule has 0 aromatic heterocycles. The first-order valence-corrected chi connectivity index (χ1v) is 5.90. The summed E-state index contributed by atoms with van der Waals surface area (Å²) >= 11 is 0. The van der Waals surface area contributed by atoms with Gasteiger partial charge in [0.1, 0.15) is 11.5 Å². The Balaban J connectivity index is 1.90. The fourth-order valence-corrected chi connectivity index (χ4v) is 1.57. The van der Waals surface area contributed by atoms with Crippen molar-refractivity contribution in [3.63, 3.8) is 0 Å². The standard InChI is InChI=1S/C15H15NO3/c1-11-5-2-3-8-14(11)19-15(17)10-18-13-7-4-6-12(16)9-13/h2-9H,10,16H2,1H3. The van der Waals surface area contributed by atoms with Crippen molar-refractivity contribution < 1.29 is 14.3 Å². The van der Waals surface area contributed by atoms with E-state index < -0.39 is 5.97 Å². The van der Waals surface area contributed by atoms with Crippen LogP contribution in [-0.4, -0.2) is 12.6 Å². The van der Waals surface area contributed by atoms with Gasteiger partial charge < -0.3 is 15.2 Å². The van der Waals surface area contributed by atoms with E-state index in [1.165, 1.54) is 0 Å². The average Bonchev–Trinajstić information content (AvgIpc) is 2.39. The molecule has 2 rings (SSSR count). The molecule has 0 aliphatic heterocycles. The van der Waals surface area contributed by atoms with Crippen molar-refractivity contribution in [2.75, 3.05) is 12.3 Å². The van der Waals surface area contributed by atoms with Crippen molar-refractivity contribution in [3.05, 3.63) is 54.1 Å². The Bertz CT molecular complexity index is 581. The van der Waals surface area contributed by atoms with E-state index in [0.717, 1.165) is 5.56 Å². The highest BCUT2D eigenvalue weighted by Gasteiger charge is 2.07. The molecule has 0 fully saturated rings. The van der Waals surface area contributed by atoms with E-state index in [9.17, 15) is 4.79 Å². The van der Waals surface area contributed by atoms with Gasteiger partial charge in [-0.3, -0.25) is 0 Å². The Labute approximate surface area is 111 Å². The number of esters is 1. The highest BCUT2D eigenvalue weighted by molar-refractivity contribution is 5.74. The molecule has 0 saturated carbocycles. The van der Waals surface area contributed by atoms with Gasteiger partial charge in [-0.25, -0.2) is 4.79 Å². The number of para-hydroxylation sites is 1. The topological polar surface area (TPSA) is 61.5 Å². The Kier molecular flexibility index (Phi) is 4.03. The molecule has 0 radical (unpaired) electrons. The molecule has 0 aliphatic carbocycles. The SMILES string of the molecule is Cc1ccccc1OC(=O)COc1cccc(N)c1. The summed E-state index contributed by atoms with van der Waals surface area (Å²) in [5.41, 5.74) is 7.10. The maximum atomic E-state index is 11.6. The summed E-state index contributed by atoms with van der Waals surface area (Å²) in [6.07, 6.45) is 0. The van der Waals surface area contributed by atoms with Crippen LogP contribution in [0, 0.1) is 6.92 Å². The minimum atomic E-state index is -0.447. The molecule has 98 valence electrons. The summed E-state index contributed by atoms with van der Waals surface area (Å²) in [6, 6.07) is 14.2. The zero-order valence-corrected chi connectivity index (χ0v) is 10.6. The van der Waals surface area contributed by atoms with Crippen molar-refractivity contribution in [1.29, 1.82) is 0 Å². The second-order valence-corrected chi connectivity index (χ2v) is 4.10. The molecule has 0 aliphatic rings. The number of ether oxygens (including phenoxy) is 2. The van der Waals surface area contributed by atoms with E-state index in [2.05, 4.69) is 0 Å². The van der Waals surface area contributed by atoms with Crippen LogP contribution in [0.3, 0.4) is 0 Å². The molecular weight excluding hydrogens is 242 g/mol. The molecule has 0 spiro atoms. The second-order valence-electron chi connectivity index (χ2n) is 4.10. The van der Waals surface area contributed by atoms with Crippen LogP contribution in [0.1, 0.15) is 5.56 Å². The zero-order valence-electron chi connectivity index (χ0n) is 10.6. The number of carbonyl (C=O) groups is 1. The molecule has 0 unspecified atom stereocenters. The van der Waals surface area contributed by atoms with Crippen LogP contribution in [0.5, 0.6) is 11.5 Å². The lowest BCUT2D eigenvalue weighted by Gasteiger charge is -2.08. The summed E-state index contributed by atoms with van der Waals surface area (Å²) in [5.74, 6) is 0.641. The Morgan fingerprint density at radius 3 is 2.68 bits per heavy atom. The number of carbonyl (C=O) groups excluding carboxylic acids is 1. The molecule has 0 amide bonds. The second kappa shape index (κ2) is 5.91. The first-order chi connectivity index (χ1) is 9.15. The average molecular weight is 257 g/mol. The van der Waals surface area contributed by atoms with Crippen LogP contribution < -0.4 is 15.2 Å². The van der Waals surface area contributed by atoms with E-state index in [-0.39, 0.29) is 6.61 Å². The summed E-state index contributed by atoms with van der Waals surface area (Å²) < 4.78 is 10.5. The van der Waals surface area contributed by atoms with Crippen LogP contribution in [-0.2, 0) is 4.79 Å². The first-order valence-electron chi connectivity index (χ1n) is 5.90. The maximum absolute atomic E-state index is 11.6. The van der Waals surface area contributed by atoms with Crippen molar-refractivity contribution >= 4 is 11.7 Å². The van der Waals surface area contributed by atoms with Crippen LogP contribution in [0.15, 0.2) is 48.5 Å². The van der Waals surface area contributed by atoms with Gasteiger partial charge in [-0.15, -0.1) is 0 Å². The predicted octanol–water partition coefficient (Wildman–Crippen LogP) is 2.56. The molecular formula is C15H15NO3. The lowest BCUT2D eigenvalue weighted by atomic mass is 10.2. The molecule has 0 saturated heterocycles. The van der Waals surface area contributed by atoms with E-state index in [4.69, 9.17) is 15.2 Å². The van der Waals surface area contributed by atoms with Crippen LogP contribution in [0.4, 0.5) is 5.69 Å². The number of hydrogen-bond acceptors (Lipinski definition) is 4. The van der Waals surface area contributed by atoms with Gasteiger partial charge in [0.05, 0.1) is 0 Å². The normalized spacial score (nSPS) is 9.95. The molecule has 0 heterocycles. The van der Waals surface area contributed by atoms with Gasteiger partial charge in [0.15, 0.2) is 6.61 Å². The summed E-state index contributed by atoms with van der Waals surface area (Å²) in [4.78, 5) is 11.6. The molecule has 0 atom stereocenters. The molecule has 19 heavy (non-hydrogen) atoms. The van der Waals surface area contributed by atoms with Crippen molar-refractivity contribution in [1.82, 2.24) is 0 Å². The molecule has 4 heteroatoms.